The Morgan fingerprint density at radius 1 is 0.230 bits per heavy atom. The molecule has 5 nitrogen and oxygen atoms in total. The molecule has 0 bridgehead atoms. The highest BCUT2D eigenvalue weighted by Gasteiger charge is 2.19. The summed E-state index contributed by atoms with van der Waals surface area (Å²) in [5.74, 6) is 0. The van der Waals surface area contributed by atoms with Crippen molar-refractivity contribution in [3.63, 3.8) is 0 Å². The topological polar surface area (TPSA) is 48.5 Å². The molecular weight excluding hydrogens is 899 g/mol. The number of pyridine rings is 1. The number of aromatic nitrogens is 5. The summed E-state index contributed by atoms with van der Waals surface area (Å²) in [6.07, 6.45) is 10.2. The summed E-state index contributed by atoms with van der Waals surface area (Å²) in [6, 6.07) is 90.5. The highest BCUT2D eigenvalue weighted by molar-refractivity contribution is 6.06. The van der Waals surface area contributed by atoms with Crippen LogP contribution in [0.2, 0.25) is 0 Å². The summed E-state index contributed by atoms with van der Waals surface area (Å²) in [5, 5.41) is 11.9. The number of fused-ring (bicyclic) bond motifs is 1. The van der Waals surface area contributed by atoms with Crippen LogP contribution in [0.15, 0.2) is 286 Å². The van der Waals surface area contributed by atoms with Gasteiger partial charge in [0.25, 0.3) is 0 Å². The molecule has 3 heterocycles. The molecule has 3 aromatic heterocycles. The van der Waals surface area contributed by atoms with E-state index in [0.717, 1.165) is 111 Å². The number of para-hydroxylation sites is 2. The average molecular weight is 946 g/mol. The number of rotatable bonds is 11. The molecule has 348 valence electrons. The third-order valence-electron chi connectivity index (χ3n) is 14.0. The maximum Gasteiger partial charge on any atom is 0.0780 e. The SMILES string of the molecule is c1ccc(-c2ccc(-c3cccc(-c4ncc(-c5ccccc5-c5cc(-c6ccccc6-c6cnn(-c7ccccc7)c6)cc(-c6ccccc6-c6cnn(-c7ccccc7)c6)c5)c5ccccc45)c3)cc2)cc1. The fourth-order valence-corrected chi connectivity index (χ4v) is 10.4. The molecule has 0 aliphatic heterocycles. The van der Waals surface area contributed by atoms with Gasteiger partial charge in [0, 0.05) is 46.2 Å². The van der Waals surface area contributed by atoms with Crippen LogP contribution < -0.4 is 0 Å². The first-order valence-electron chi connectivity index (χ1n) is 25.0. The van der Waals surface area contributed by atoms with Crippen molar-refractivity contribution in [2.45, 2.75) is 0 Å². The third kappa shape index (κ3) is 8.48. The summed E-state index contributed by atoms with van der Waals surface area (Å²) in [5.41, 5.74) is 21.8. The molecular formula is C69H47N5. The zero-order valence-corrected chi connectivity index (χ0v) is 40.4. The lowest BCUT2D eigenvalue weighted by atomic mass is 9.86. The Kier molecular flexibility index (Phi) is 11.5. The third-order valence-corrected chi connectivity index (χ3v) is 14.0. The molecule has 0 N–H and O–H groups in total. The maximum absolute atomic E-state index is 5.33. The van der Waals surface area contributed by atoms with Crippen LogP contribution >= 0.6 is 0 Å². The molecule has 0 aliphatic rings. The van der Waals surface area contributed by atoms with E-state index in [2.05, 4.69) is 237 Å². The fraction of sp³-hybridized carbons (Fsp3) is 0. The van der Waals surface area contributed by atoms with E-state index in [-0.39, 0.29) is 0 Å². The van der Waals surface area contributed by atoms with E-state index in [0.29, 0.717) is 0 Å². The molecule has 10 aromatic carbocycles. The van der Waals surface area contributed by atoms with Crippen molar-refractivity contribution in [3.8, 4) is 112 Å². The number of benzene rings is 10. The molecule has 5 heteroatoms. The zero-order valence-electron chi connectivity index (χ0n) is 40.4. The highest BCUT2D eigenvalue weighted by Crippen LogP contribution is 2.44. The lowest BCUT2D eigenvalue weighted by Crippen LogP contribution is -1.94. The molecule has 0 amide bonds. The Morgan fingerprint density at radius 3 is 1.12 bits per heavy atom. The summed E-state index contributed by atoms with van der Waals surface area (Å²) >= 11 is 0. The van der Waals surface area contributed by atoms with Crippen LogP contribution in [0.4, 0.5) is 0 Å². The van der Waals surface area contributed by atoms with Crippen molar-refractivity contribution < 1.29 is 0 Å². The molecule has 0 aliphatic carbocycles. The van der Waals surface area contributed by atoms with E-state index in [1.807, 2.05) is 58.2 Å². The number of nitrogens with zero attached hydrogens (tertiary/aromatic N) is 5. The van der Waals surface area contributed by atoms with Gasteiger partial charge in [0.2, 0.25) is 0 Å². The van der Waals surface area contributed by atoms with Gasteiger partial charge in [-0.25, -0.2) is 9.36 Å². The first-order chi connectivity index (χ1) is 36.7. The lowest BCUT2D eigenvalue weighted by Gasteiger charge is -2.18. The predicted molar refractivity (Wildman–Crippen MR) is 305 cm³/mol. The molecule has 13 aromatic rings. The first-order valence-corrected chi connectivity index (χ1v) is 25.0. The maximum atomic E-state index is 5.33. The van der Waals surface area contributed by atoms with E-state index in [1.54, 1.807) is 0 Å². The lowest BCUT2D eigenvalue weighted by molar-refractivity contribution is 0.881. The van der Waals surface area contributed by atoms with E-state index < -0.39 is 0 Å². The Balaban J connectivity index is 0.942. The Bertz CT molecular complexity index is 3980. The van der Waals surface area contributed by atoms with Crippen LogP contribution in [0, 0.1) is 0 Å². The van der Waals surface area contributed by atoms with Gasteiger partial charge in [-0.05, 0) is 126 Å². The molecule has 0 unspecified atom stereocenters. The largest absolute Gasteiger partial charge is 0.255 e. The smallest absolute Gasteiger partial charge is 0.0780 e. The summed E-state index contributed by atoms with van der Waals surface area (Å²) in [4.78, 5) is 5.33. The summed E-state index contributed by atoms with van der Waals surface area (Å²) in [7, 11) is 0. The van der Waals surface area contributed by atoms with Gasteiger partial charge >= 0.3 is 0 Å². The van der Waals surface area contributed by atoms with E-state index >= 15 is 0 Å². The molecule has 0 radical (unpaired) electrons. The van der Waals surface area contributed by atoms with Gasteiger partial charge < -0.3 is 0 Å². The van der Waals surface area contributed by atoms with E-state index in [9.17, 15) is 0 Å². The van der Waals surface area contributed by atoms with Crippen LogP contribution in [-0.2, 0) is 0 Å². The van der Waals surface area contributed by atoms with Crippen LogP contribution in [0.5, 0.6) is 0 Å². The summed E-state index contributed by atoms with van der Waals surface area (Å²) in [6.45, 7) is 0. The van der Waals surface area contributed by atoms with Crippen molar-refractivity contribution in [2.75, 3.05) is 0 Å². The van der Waals surface area contributed by atoms with Crippen molar-refractivity contribution in [1.82, 2.24) is 24.5 Å². The highest BCUT2D eigenvalue weighted by atomic mass is 15.3. The van der Waals surface area contributed by atoms with Gasteiger partial charge in [-0.15, -0.1) is 0 Å². The minimum Gasteiger partial charge on any atom is -0.255 e. The predicted octanol–water partition coefficient (Wildman–Crippen LogP) is 17.6. The molecule has 0 fully saturated rings. The first kappa shape index (κ1) is 44.0. The van der Waals surface area contributed by atoms with Crippen LogP contribution in [0.25, 0.3) is 122 Å². The summed E-state index contributed by atoms with van der Waals surface area (Å²) < 4.78 is 3.89. The second kappa shape index (κ2) is 19.3. The van der Waals surface area contributed by atoms with Crippen LogP contribution in [0.3, 0.4) is 0 Å². The van der Waals surface area contributed by atoms with Gasteiger partial charge in [-0.3, -0.25) is 4.98 Å². The normalized spacial score (nSPS) is 11.2. The monoisotopic (exact) mass is 945 g/mol. The zero-order chi connectivity index (χ0) is 49.2. The minimum atomic E-state index is 0.952. The van der Waals surface area contributed by atoms with Crippen LogP contribution in [0.1, 0.15) is 0 Å². The van der Waals surface area contributed by atoms with E-state index in [1.165, 1.54) is 11.1 Å². The van der Waals surface area contributed by atoms with Crippen molar-refractivity contribution in [3.05, 3.63) is 286 Å². The van der Waals surface area contributed by atoms with Crippen molar-refractivity contribution >= 4 is 10.8 Å². The standard InChI is InChI=1S/C69H47N5/c1-4-19-48(20-5-1)49-35-37-50(38-36-49)51-21-18-22-52(39-51)69-67-34-17-16-33-66(67)68(45-70-69)65-32-15-14-29-62(65)55-41-53(60-27-10-12-30-63(60)56-43-71-73(46-56)58-23-6-2-7-24-58)40-54(42-55)61-28-11-13-31-64(61)57-44-72-74(47-57)59-25-8-3-9-26-59/h1-47H. The molecule has 0 spiro atoms. The molecule has 13 rings (SSSR count). The number of hydrogen-bond acceptors (Lipinski definition) is 3. The molecule has 74 heavy (non-hydrogen) atoms. The second-order valence-electron chi connectivity index (χ2n) is 18.5. The van der Waals surface area contributed by atoms with Gasteiger partial charge in [-0.2, -0.15) is 10.2 Å². The van der Waals surface area contributed by atoms with Crippen molar-refractivity contribution in [2.24, 2.45) is 0 Å². The van der Waals surface area contributed by atoms with Gasteiger partial charge in [0.15, 0.2) is 0 Å². The van der Waals surface area contributed by atoms with Gasteiger partial charge in [0.05, 0.1) is 29.5 Å². The Hall–Kier alpha value is -9.97. The Labute approximate surface area is 430 Å². The molecule has 0 saturated carbocycles. The van der Waals surface area contributed by atoms with Crippen LogP contribution in [-0.4, -0.2) is 24.5 Å². The Morgan fingerprint density at radius 2 is 0.595 bits per heavy atom. The number of hydrogen-bond donors (Lipinski definition) is 0. The minimum absolute atomic E-state index is 0.952. The quantitative estimate of drug-likeness (QED) is 0.130. The fourth-order valence-electron chi connectivity index (χ4n) is 10.4. The second-order valence-corrected chi connectivity index (χ2v) is 18.5. The molecule has 0 atom stereocenters. The van der Waals surface area contributed by atoms with Crippen molar-refractivity contribution in [1.29, 1.82) is 0 Å². The van der Waals surface area contributed by atoms with Gasteiger partial charge in [-0.1, -0.05) is 206 Å². The average Bonchev–Trinajstić information content (AvgIpc) is 4.20. The molecule has 0 saturated heterocycles. The van der Waals surface area contributed by atoms with Gasteiger partial charge in [0.1, 0.15) is 0 Å². The van der Waals surface area contributed by atoms with E-state index in [4.69, 9.17) is 15.2 Å².